The SMILES string of the molecule is CCN(CC)CC1CCC(Nc2nnc(-c3ccc(NC(=O)c4ccccc4)cc3)o2)CC1. The molecule has 4 rings (SSSR count). The van der Waals surface area contributed by atoms with Crippen LogP contribution in [0.25, 0.3) is 11.5 Å². The highest BCUT2D eigenvalue weighted by Gasteiger charge is 2.23. The summed E-state index contributed by atoms with van der Waals surface area (Å²) >= 11 is 0. The van der Waals surface area contributed by atoms with Crippen LogP contribution in [0.2, 0.25) is 0 Å². The summed E-state index contributed by atoms with van der Waals surface area (Å²) in [4.78, 5) is 14.8. The Hall–Kier alpha value is -3.19. The number of rotatable bonds is 9. The van der Waals surface area contributed by atoms with E-state index < -0.39 is 0 Å². The van der Waals surface area contributed by atoms with E-state index in [1.807, 2.05) is 42.5 Å². The van der Waals surface area contributed by atoms with Gasteiger partial charge in [-0.1, -0.05) is 37.1 Å². The Labute approximate surface area is 195 Å². The van der Waals surface area contributed by atoms with E-state index in [2.05, 4.69) is 39.6 Å². The molecule has 33 heavy (non-hydrogen) atoms. The Bertz CT molecular complexity index is 1010. The summed E-state index contributed by atoms with van der Waals surface area (Å²) in [7, 11) is 0. The molecule has 1 heterocycles. The minimum Gasteiger partial charge on any atom is -0.403 e. The largest absolute Gasteiger partial charge is 0.403 e. The van der Waals surface area contributed by atoms with Gasteiger partial charge in [-0.2, -0.15) is 0 Å². The van der Waals surface area contributed by atoms with E-state index in [0.717, 1.165) is 37.4 Å². The van der Waals surface area contributed by atoms with Crippen LogP contribution in [0.4, 0.5) is 11.7 Å². The molecule has 1 saturated carbocycles. The summed E-state index contributed by atoms with van der Waals surface area (Å²) in [5.74, 6) is 1.11. The van der Waals surface area contributed by atoms with Gasteiger partial charge in [0, 0.05) is 29.4 Å². The molecule has 7 heteroatoms. The van der Waals surface area contributed by atoms with E-state index in [4.69, 9.17) is 4.42 Å². The second-order valence-corrected chi connectivity index (χ2v) is 8.66. The fourth-order valence-corrected chi connectivity index (χ4v) is 4.40. The molecule has 0 unspecified atom stereocenters. The number of nitrogens with one attached hydrogen (secondary N) is 2. The van der Waals surface area contributed by atoms with E-state index >= 15 is 0 Å². The van der Waals surface area contributed by atoms with Crippen LogP contribution < -0.4 is 10.6 Å². The second kappa shape index (κ2) is 11.1. The smallest absolute Gasteiger partial charge is 0.315 e. The van der Waals surface area contributed by atoms with E-state index in [1.54, 1.807) is 12.1 Å². The monoisotopic (exact) mass is 447 g/mol. The van der Waals surface area contributed by atoms with Crippen LogP contribution in [0.3, 0.4) is 0 Å². The van der Waals surface area contributed by atoms with Crippen molar-refractivity contribution in [3.8, 4) is 11.5 Å². The van der Waals surface area contributed by atoms with Crippen LogP contribution in [-0.2, 0) is 0 Å². The molecule has 1 aromatic heterocycles. The van der Waals surface area contributed by atoms with Crippen molar-refractivity contribution < 1.29 is 9.21 Å². The van der Waals surface area contributed by atoms with Crippen LogP contribution >= 0.6 is 0 Å². The third-order valence-corrected chi connectivity index (χ3v) is 6.44. The third-order valence-electron chi connectivity index (χ3n) is 6.44. The number of hydrogen-bond acceptors (Lipinski definition) is 6. The zero-order valence-electron chi connectivity index (χ0n) is 19.5. The molecule has 2 aromatic carbocycles. The van der Waals surface area contributed by atoms with Crippen molar-refractivity contribution >= 4 is 17.6 Å². The van der Waals surface area contributed by atoms with Crippen molar-refractivity contribution in [1.82, 2.24) is 15.1 Å². The molecule has 0 spiro atoms. The van der Waals surface area contributed by atoms with Crippen molar-refractivity contribution in [3.05, 3.63) is 60.2 Å². The molecule has 0 atom stereocenters. The number of benzene rings is 2. The molecule has 1 amide bonds. The first-order valence-corrected chi connectivity index (χ1v) is 11.9. The second-order valence-electron chi connectivity index (χ2n) is 8.66. The predicted molar refractivity (Wildman–Crippen MR) is 131 cm³/mol. The highest BCUT2D eigenvalue weighted by molar-refractivity contribution is 6.04. The highest BCUT2D eigenvalue weighted by atomic mass is 16.4. The molecule has 0 radical (unpaired) electrons. The molecule has 0 bridgehead atoms. The summed E-state index contributed by atoms with van der Waals surface area (Å²) in [6.07, 6.45) is 4.70. The molecule has 0 aliphatic heterocycles. The minimum atomic E-state index is -0.139. The molecule has 1 aliphatic carbocycles. The topological polar surface area (TPSA) is 83.3 Å². The lowest BCUT2D eigenvalue weighted by Gasteiger charge is -2.31. The predicted octanol–water partition coefficient (Wildman–Crippen LogP) is 5.30. The molecule has 1 fully saturated rings. The normalized spacial score (nSPS) is 18.3. The Balaban J connectivity index is 1.28. The van der Waals surface area contributed by atoms with Gasteiger partial charge in [0.1, 0.15) is 0 Å². The number of carbonyl (C=O) groups is 1. The van der Waals surface area contributed by atoms with Crippen LogP contribution in [-0.4, -0.2) is 46.7 Å². The van der Waals surface area contributed by atoms with Gasteiger partial charge in [0.2, 0.25) is 5.89 Å². The summed E-state index contributed by atoms with van der Waals surface area (Å²) in [6.45, 7) is 7.92. The minimum absolute atomic E-state index is 0.139. The third kappa shape index (κ3) is 6.20. The maximum Gasteiger partial charge on any atom is 0.315 e. The van der Waals surface area contributed by atoms with Crippen molar-refractivity contribution in [2.45, 2.75) is 45.6 Å². The van der Waals surface area contributed by atoms with Gasteiger partial charge >= 0.3 is 6.01 Å². The van der Waals surface area contributed by atoms with Gasteiger partial charge in [0.15, 0.2) is 0 Å². The summed E-state index contributed by atoms with van der Waals surface area (Å²) in [5.41, 5.74) is 2.15. The van der Waals surface area contributed by atoms with Crippen molar-refractivity contribution in [1.29, 1.82) is 0 Å². The average molecular weight is 448 g/mol. The summed E-state index contributed by atoms with van der Waals surface area (Å²) in [5, 5.41) is 14.7. The molecule has 7 nitrogen and oxygen atoms in total. The van der Waals surface area contributed by atoms with Crippen molar-refractivity contribution in [2.75, 3.05) is 30.3 Å². The Morgan fingerprint density at radius 3 is 2.33 bits per heavy atom. The molecular formula is C26H33N5O2. The molecule has 3 aromatic rings. The molecular weight excluding hydrogens is 414 g/mol. The van der Waals surface area contributed by atoms with Crippen molar-refractivity contribution in [2.24, 2.45) is 5.92 Å². The Morgan fingerprint density at radius 2 is 1.67 bits per heavy atom. The Kier molecular flexibility index (Phi) is 7.73. The zero-order chi connectivity index (χ0) is 23.0. The first kappa shape index (κ1) is 23.0. The molecule has 0 saturated heterocycles. The van der Waals surface area contributed by atoms with Crippen LogP contribution in [0, 0.1) is 5.92 Å². The lowest BCUT2D eigenvalue weighted by molar-refractivity contribution is 0.102. The summed E-state index contributed by atoms with van der Waals surface area (Å²) in [6, 6.07) is 17.4. The quantitative estimate of drug-likeness (QED) is 0.463. The molecule has 2 N–H and O–H groups in total. The first-order chi connectivity index (χ1) is 16.1. The standard InChI is InChI=1S/C26H33N5O2/c1-3-31(4-2)18-19-10-14-23(15-11-19)28-26-30-29-25(33-26)21-12-16-22(17-13-21)27-24(32)20-8-6-5-7-9-20/h5-9,12-13,16-17,19,23H,3-4,10-11,14-15,18H2,1-2H3,(H,27,32)(H,28,30). The summed E-state index contributed by atoms with van der Waals surface area (Å²) < 4.78 is 5.86. The number of amides is 1. The van der Waals surface area contributed by atoms with Crippen LogP contribution in [0.5, 0.6) is 0 Å². The maximum atomic E-state index is 12.3. The van der Waals surface area contributed by atoms with Gasteiger partial charge in [-0.25, -0.2) is 0 Å². The molecule has 1 aliphatic rings. The first-order valence-electron chi connectivity index (χ1n) is 11.9. The van der Waals surface area contributed by atoms with Gasteiger partial charge in [-0.15, -0.1) is 5.10 Å². The van der Waals surface area contributed by atoms with Crippen LogP contribution in [0.1, 0.15) is 49.9 Å². The van der Waals surface area contributed by atoms with Gasteiger partial charge in [0.25, 0.3) is 5.91 Å². The lowest BCUT2D eigenvalue weighted by Crippen LogP contribution is -2.34. The van der Waals surface area contributed by atoms with Crippen LogP contribution in [0.15, 0.2) is 59.0 Å². The number of aromatic nitrogens is 2. The fourth-order valence-electron chi connectivity index (χ4n) is 4.40. The van der Waals surface area contributed by atoms with Crippen molar-refractivity contribution in [3.63, 3.8) is 0 Å². The van der Waals surface area contributed by atoms with Gasteiger partial charge in [-0.3, -0.25) is 4.79 Å². The zero-order valence-corrected chi connectivity index (χ0v) is 19.5. The van der Waals surface area contributed by atoms with Gasteiger partial charge in [-0.05, 0) is 81.1 Å². The number of nitrogens with zero attached hydrogens (tertiary/aromatic N) is 3. The average Bonchev–Trinajstić information content (AvgIpc) is 3.33. The maximum absolute atomic E-state index is 12.3. The number of hydrogen-bond donors (Lipinski definition) is 2. The van der Waals surface area contributed by atoms with E-state index in [0.29, 0.717) is 29.2 Å². The number of anilines is 2. The molecule has 174 valence electrons. The highest BCUT2D eigenvalue weighted by Crippen LogP contribution is 2.28. The van der Waals surface area contributed by atoms with E-state index in [1.165, 1.54) is 19.4 Å². The lowest BCUT2D eigenvalue weighted by atomic mass is 9.85. The number of carbonyl (C=O) groups excluding carboxylic acids is 1. The van der Waals surface area contributed by atoms with E-state index in [9.17, 15) is 4.79 Å². The van der Waals surface area contributed by atoms with E-state index in [-0.39, 0.29) is 5.91 Å². The van der Waals surface area contributed by atoms with Gasteiger partial charge in [0.05, 0.1) is 0 Å². The fraction of sp³-hybridized carbons (Fsp3) is 0.423. The Morgan fingerprint density at radius 1 is 0.970 bits per heavy atom. The van der Waals surface area contributed by atoms with Gasteiger partial charge < -0.3 is 20.0 Å².